The molecule has 0 spiro atoms. The van der Waals surface area contributed by atoms with Gasteiger partial charge in [-0.3, -0.25) is 0 Å². The van der Waals surface area contributed by atoms with Crippen LogP contribution in [0.1, 0.15) is 49.8 Å². The molecule has 2 rings (SSSR count). The minimum Gasteiger partial charge on any atom is -0.234 e. The Balaban J connectivity index is 0.000000437. The molecular weight excluding hydrogens is 210 g/mol. The molecule has 0 saturated heterocycles. The molecule has 3 heteroatoms. The average molecular weight is 233 g/mol. The maximum absolute atomic E-state index is 4.51. The van der Waals surface area contributed by atoms with Gasteiger partial charge in [-0.05, 0) is 33.3 Å². The van der Waals surface area contributed by atoms with E-state index in [9.17, 15) is 0 Å². The third-order valence-electron chi connectivity index (χ3n) is 2.62. The Morgan fingerprint density at radius 3 is 2.24 bits per heavy atom. The molecule has 0 radical (unpaired) electrons. The van der Waals surface area contributed by atoms with Gasteiger partial charge in [0.1, 0.15) is 0 Å². The van der Waals surface area contributed by atoms with Crippen LogP contribution < -0.4 is 0 Å². The first-order valence-electron chi connectivity index (χ1n) is 6.37. The van der Waals surface area contributed by atoms with Crippen molar-refractivity contribution in [3.63, 3.8) is 0 Å². The molecule has 0 atom stereocenters. The number of rotatable bonds is 1. The molecule has 0 aliphatic rings. The van der Waals surface area contributed by atoms with Crippen LogP contribution >= 0.6 is 0 Å². The summed E-state index contributed by atoms with van der Waals surface area (Å²) in [7, 11) is 0. The summed E-state index contributed by atoms with van der Waals surface area (Å²) in [5, 5.41) is 4.48. The van der Waals surface area contributed by atoms with E-state index < -0.39 is 0 Å². The lowest BCUT2D eigenvalue weighted by Gasteiger charge is -2.02. The smallest absolute Gasteiger partial charge is 0.158 e. The summed E-state index contributed by atoms with van der Waals surface area (Å²) in [6.45, 7) is 12.5. The minimum absolute atomic E-state index is 0.987. The van der Waals surface area contributed by atoms with Gasteiger partial charge in [-0.1, -0.05) is 27.2 Å². The van der Waals surface area contributed by atoms with E-state index in [0.29, 0.717) is 0 Å². The van der Waals surface area contributed by atoms with Gasteiger partial charge in [0, 0.05) is 17.0 Å². The van der Waals surface area contributed by atoms with Crippen molar-refractivity contribution in [2.45, 2.75) is 54.4 Å². The average Bonchev–Trinajstić information content (AvgIpc) is 2.56. The number of nitrogens with zero attached hydrogens (tertiary/aromatic N) is 3. The minimum atomic E-state index is 0.987. The maximum atomic E-state index is 4.51. The van der Waals surface area contributed by atoms with Gasteiger partial charge in [-0.25, -0.2) is 9.50 Å². The molecule has 17 heavy (non-hydrogen) atoms. The summed E-state index contributed by atoms with van der Waals surface area (Å²) in [6.07, 6.45) is 2.24. The molecule has 0 aliphatic carbocycles. The Labute approximate surface area is 104 Å². The number of hydrogen-bond donors (Lipinski definition) is 0. The van der Waals surface area contributed by atoms with Crippen LogP contribution in [0.15, 0.2) is 6.07 Å². The van der Waals surface area contributed by atoms with E-state index in [4.69, 9.17) is 0 Å². The highest BCUT2D eigenvalue weighted by molar-refractivity contribution is 5.50. The van der Waals surface area contributed by atoms with Gasteiger partial charge < -0.3 is 0 Å². The lowest BCUT2D eigenvalue weighted by atomic mass is 10.2. The van der Waals surface area contributed by atoms with E-state index in [-0.39, 0.29) is 0 Å². The molecule has 2 aromatic rings. The molecule has 0 fully saturated rings. The Morgan fingerprint density at radius 2 is 1.71 bits per heavy atom. The zero-order valence-electron chi connectivity index (χ0n) is 11.8. The molecule has 0 N–H and O–H groups in total. The van der Waals surface area contributed by atoms with E-state index in [1.165, 1.54) is 17.7 Å². The second kappa shape index (κ2) is 5.80. The fraction of sp³-hybridized carbons (Fsp3) is 0.571. The molecule has 2 aromatic heterocycles. The van der Waals surface area contributed by atoms with Crippen LogP contribution in [-0.4, -0.2) is 14.6 Å². The van der Waals surface area contributed by atoms with Crippen LogP contribution in [0.4, 0.5) is 0 Å². The monoisotopic (exact) mass is 233 g/mol. The quantitative estimate of drug-likeness (QED) is 0.753. The van der Waals surface area contributed by atoms with E-state index in [0.717, 1.165) is 23.5 Å². The number of fused-ring (bicyclic) bond motifs is 1. The van der Waals surface area contributed by atoms with Gasteiger partial charge in [-0.15, -0.1) is 0 Å². The lowest BCUT2D eigenvalue weighted by molar-refractivity contribution is 0.831. The van der Waals surface area contributed by atoms with Crippen molar-refractivity contribution >= 4 is 5.65 Å². The Morgan fingerprint density at radius 1 is 1.12 bits per heavy atom. The summed E-state index contributed by atoms with van der Waals surface area (Å²) in [5.41, 5.74) is 5.54. The molecule has 0 unspecified atom stereocenters. The van der Waals surface area contributed by atoms with Crippen LogP contribution in [0.3, 0.4) is 0 Å². The molecule has 3 nitrogen and oxygen atoms in total. The number of aromatic nitrogens is 3. The molecule has 0 aromatic carbocycles. The third kappa shape index (κ3) is 2.84. The Bertz CT molecular complexity index is 498. The largest absolute Gasteiger partial charge is 0.234 e. The number of aryl methyl sites for hydroxylation is 4. The first kappa shape index (κ1) is 13.7. The molecule has 0 bridgehead atoms. The predicted octanol–water partition coefficient (Wildman–Crippen LogP) is 3.63. The van der Waals surface area contributed by atoms with Gasteiger partial charge in [0.05, 0.1) is 5.69 Å². The van der Waals surface area contributed by atoms with E-state index in [1.807, 2.05) is 18.4 Å². The van der Waals surface area contributed by atoms with E-state index in [1.54, 1.807) is 0 Å². The maximum Gasteiger partial charge on any atom is 0.158 e. The van der Waals surface area contributed by atoms with Crippen LogP contribution in [-0.2, 0) is 6.42 Å². The van der Waals surface area contributed by atoms with Gasteiger partial charge >= 0.3 is 0 Å². The van der Waals surface area contributed by atoms with Crippen molar-refractivity contribution in [3.05, 3.63) is 28.7 Å². The van der Waals surface area contributed by atoms with Gasteiger partial charge in [0.15, 0.2) is 5.65 Å². The molecular formula is C14H23N3. The van der Waals surface area contributed by atoms with Gasteiger partial charge in [0.2, 0.25) is 0 Å². The molecule has 0 amide bonds. The third-order valence-corrected chi connectivity index (χ3v) is 2.62. The first-order chi connectivity index (χ1) is 8.04. The van der Waals surface area contributed by atoms with Crippen LogP contribution in [0.5, 0.6) is 0 Å². The summed E-state index contributed by atoms with van der Waals surface area (Å²) in [6, 6.07) is 2.10. The van der Waals surface area contributed by atoms with Crippen LogP contribution in [0, 0.1) is 20.8 Å². The van der Waals surface area contributed by atoms with Crippen molar-refractivity contribution in [1.29, 1.82) is 0 Å². The van der Waals surface area contributed by atoms with E-state index in [2.05, 4.69) is 43.8 Å². The molecule has 2 heterocycles. The summed E-state index contributed by atoms with van der Waals surface area (Å²) < 4.78 is 1.96. The molecule has 0 aliphatic heterocycles. The van der Waals surface area contributed by atoms with Gasteiger partial charge in [0.25, 0.3) is 0 Å². The normalized spacial score (nSPS) is 10.2. The van der Waals surface area contributed by atoms with Crippen molar-refractivity contribution in [2.24, 2.45) is 0 Å². The van der Waals surface area contributed by atoms with E-state index >= 15 is 0 Å². The highest BCUT2D eigenvalue weighted by atomic mass is 15.3. The molecule has 0 saturated carbocycles. The topological polar surface area (TPSA) is 30.2 Å². The summed E-state index contributed by atoms with van der Waals surface area (Å²) >= 11 is 0. The van der Waals surface area contributed by atoms with Crippen LogP contribution in [0.2, 0.25) is 0 Å². The summed E-state index contributed by atoms with van der Waals surface area (Å²) in [5.74, 6) is 0. The van der Waals surface area contributed by atoms with Gasteiger partial charge in [-0.2, -0.15) is 5.10 Å². The molecule has 94 valence electrons. The first-order valence-corrected chi connectivity index (χ1v) is 6.37. The van der Waals surface area contributed by atoms with Crippen molar-refractivity contribution in [2.75, 3.05) is 0 Å². The fourth-order valence-electron chi connectivity index (χ4n) is 1.68. The zero-order chi connectivity index (χ0) is 13.0. The predicted molar refractivity (Wildman–Crippen MR) is 72.5 cm³/mol. The number of hydrogen-bond acceptors (Lipinski definition) is 2. The summed E-state index contributed by atoms with van der Waals surface area (Å²) in [4.78, 5) is 4.51. The lowest BCUT2D eigenvalue weighted by Crippen LogP contribution is -2.00. The zero-order valence-corrected chi connectivity index (χ0v) is 11.8. The second-order valence-corrected chi connectivity index (χ2v) is 4.40. The standard InChI is InChI=1S/C11H15N3.C3H8/c1-5-10-6-7(2)12-11-8(3)9(4)13-14(10)11;1-3-2/h6H,5H2,1-4H3;3H2,1-2H3. The van der Waals surface area contributed by atoms with Crippen LogP contribution in [0.25, 0.3) is 5.65 Å². The van der Waals surface area contributed by atoms with Crippen molar-refractivity contribution in [3.8, 4) is 0 Å². The van der Waals surface area contributed by atoms with Crippen molar-refractivity contribution in [1.82, 2.24) is 14.6 Å². The highest BCUT2D eigenvalue weighted by Crippen LogP contribution is 2.15. The van der Waals surface area contributed by atoms with Crippen molar-refractivity contribution < 1.29 is 0 Å². The fourth-order valence-corrected chi connectivity index (χ4v) is 1.68. The Hall–Kier alpha value is -1.38. The SMILES string of the molecule is CCC.CCc1cc(C)nc2c(C)c(C)nn12. The Kier molecular flexibility index (Phi) is 4.67. The highest BCUT2D eigenvalue weighted by Gasteiger charge is 2.09. The second-order valence-electron chi connectivity index (χ2n) is 4.40.